The van der Waals surface area contributed by atoms with Crippen molar-refractivity contribution >= 4 is 46.1 Å². The van der Waals surface area contributed by atoms with Crippen molar-refractivity contribution in [2.45, 2.75) is 30.6 Å². The van der Waals surface area contributed by atoms with Gasteiger partial charge in [0, 0.05) is 17.0 Å². The second-order valence-corrected chi connectivity index (χ2v) is 12.2. The highest BCUT2D eigenvalue weighted by atomic mass is 16.3. The van der Waals surface area contributed by atoms with Gasteiger partial charge in [0.05, 0.1) is 29.5 Å². The van der Waals surface area contributed by atoms with Crippen molar-refractivity contribution in [3.63, 3.8) is 0 Å². The molecule has 3 aliphatic carbocycles. The van der Waals surface area contributed by atoms with Crippen molar-refractivity contribution < 1.29 is 44.1 Å². The van der Waals surface area contributed by atoms with Gasteiger partial charge >= 0.3 is 0 Å². The minimum atomic E-state index is -3.07. The van der Waals surface area contributed by atoms with Crippen LogP contribution in [0.1, 0.15) is 39.1 Å². The van der Waals surface area contributed by atoms with Crippen LogP contribution in [0.5, 0.6) is 5.75 Å². The number of benzene rings is 3. The standard InChI is InChI=1S/C33H30N2O9/c1-13-15-10-11-19(18-9-8-14(12-36)16-6-4-5-7-17(16)18)26(37)21(15)27(38)22-20(13)28(39)24-25(35(2)3)29(40)23(32(34)43)31(42)33(24,44)30(22)41/h4-13,20,22-25,28,37,39,44H,1-3H3,(H2,34,43)/t13-,20+,22?,23?,24+,25-,28-,33-/m1/s1. The summed E-state index contributed by atoms with van der Waals surface area (Å²) in [4.78, 5) is 80.4. The number of aliphatic hydroxyl groups is 2. The molecule has 0 saturated heterocycles. The Hall–Kier alpha value is -4.58. The summed E-state index contributed by atoms with van der Waals surface area (Å²) >= 11 is 0. The number of amides is 1. The maximum Gasteiger partial charge on any atom is 0.235 e. The molecule has 44 heavy (non-hydrogen) atoms. The summed E-state index contributed by atoms with van der Waals surface area (Å²) in [5, 5.41) is 36.4. The molecule has 11 nitrogen and oxygen atoms in total. The van der Waals surface area contributed by atoms with Gasteiger partial charge in [0.15, 0.2) is 40.9 Å². The van der Waals surface area contributed by atoms with Gasteiger partial charge in [-0.3, -0.25) is 33.7 Å². The Balaban J connectivity index is 1.54. The number of primary amides is 1. The molecule has 2 unspecified atom stereocenters. The average molecular weight is 599 g/mol. The first-order valence-corrected chi connectivity index (χ1v) is 14.1. The van der Waals surface area contributed by atoms with E-state index in [9.17, 15) is 44.1 Å². The molecule has 3 aromatic rings. The highest BCUT2D eigenvalue weighted by molar-refractivity contribution is 6.32. The lowest BCUT2D eigenvalue weighted by Crippen LogP contribution is -2.77. The van der Waals surface area contributed by atoms with Crippen LogP contribution in [-0.4, -0.2) is 87.4 Å². The first-order valence-electron chi connectivity index (χ1n) is 14.1. The fourth-order valence-corrected chi connectivity index (χ4v) is 7.87. The number of likely N-dealkylation sites (N-methyl/N-ethyl adjacent to an activating group) is 1. The molecule has 6 rings (SSSR count). The molecule has 11 heteroatoms. The molecule has 3 aliphatic rings. The topological polar surface area (TPSA) is 192 Å². The fourth-order valence-electron chi connectivity index (χ4n) is 7.87. The molecule has 0 aromatic heterocycles. The highest BCUT2D eigenvalue weighted by Gasteiger charge is 2.72. The van der Waals surface area contributed by atoms with Crippen LogP contribution in [0.3, 0.4) is 0 Å². The van der Waals surface area contributed by atoms with Crippen LogP contribution in [0.25, 0.3) is 21.9 Å². The van der Waals surface area contributed by atoms with Gasteiger partial charge in [-0.05, 0) is 41.9 Å². The van der Waals surface area contributed by atoms with Crippen LogP contribution in [-0.2, 0) is 19.2 Å². The van der Waals surface area contributed by atoms with Crippen molar-refractivity contribution in [3.8, 4) is 16.9 Å². The maximum atomic E-state index is 14.2. The smallest absolute Gasteiger partial charge is 0.235 e. The summed E-state index contributed by atoms with van der Waals surface area (Å²) in [6.07, 6.45) is -0.989. The number of aldehydes is 1. The Morgan fingerprint density at radius 1 is 0.955 bits per heavy atom. The third kappa shape index (κ3) is 3.66. The number of rotatable bonds is 4. The molecule has 226 valence electrons. The lowest BCUT2D eigenvalue weighted by molar-refractivity contribution is -0.196. The molecule has 5 N–H and O–H groups in total. The molecule has 2 fully saturated rings. The summed E-state index contributed by atoms with van der Waals surface area (Å²) in [6, 6.07) is 12.1. The minimum Gasteiger partial charge on any atom is -0.507 e. The zero-order chi connectivity index (χ0) is 32.0. The molecule has 2 saturated carbocycles. The molecule has 0 spiro atoms. The van der Waals surface area contributed by atoms with Crippen molar-refractivity contribution in [2.75, 3.05) is 14.1 Å². The van der Waals surface area contributed by atoms with E-state index in [2.05, 4.69) is 0 Å². The molecular formula is C33H30N2O9. The Kier molecular flexibility index (Phi) is 6.69. The number of hydrogen-bond donors (Lipinski definition) is 4. The van der Waals surface area contributed by atoms with E-state index >= 15 is 0 Å². The van der Waals surface area contributed by atoms with Crippen LogP contribution in [0.15, 0.2) is 48.5 Å². The lowest BCUT2D eigenvalue weighted by atomic mass is 9.49. The van der Waals surface area contributed by atoms with Gasteiger partial charge in [-0.1, -0.05) is 55.5 Å². The number of phenolic OH excluding ortho intramolecular Hbond substituents is 1. The summed E-state index contributed by atoms with van der Waals surface area (Å²) in [6.45, 7) is 1.65. The van der Waals surface area contributed by atoms with Crippen molar-refractivity contribution in [1.82, 2.24) is 4.90 Å². The number of fused-ring (bicyclic) bond motifs is 4. The Morgan fingerprint density at radius 3 is 2.20 bits per heavy atom. The second kappa shape index (κ2) is 9.98. The molecule has 1 amide bonds. The van der Waals surface area contributed by atoms with Gasteiger partial charge in [0.2, 0.25) is 5.91 Å². The number of hydrogen-bond acceptors (Lipinski definition) is 10. The third-order valence-corrected chi connectivity index (χ3v) is 9.86. The largest absolute Gasteiger partial charge is 0.507 e. The van der Waals surface area contributed by atoms with E-state index in [1.54, 1.807) is 55.5 Å². The number of aromatic hydroxyl groups is 1. The quantitative estimate of drug-likeness (QED) is 0.249. The molecule has 0 radical (unpaired) electrons. The van der Waals surface area contributed by atoms with E-state index in [0.717, 1.165) is 0 Å². The molecular weight excluding hydrogens is 568 g/mol. The molecule has 0 bridgehead atoms. The Morgan fingerprint density at radius 2 is 1.59 bits per heavy atom. The number of ketones is 4. The van der Waals surface area contributed by atoms with Gasteiger partial charge < -0.3 is 21.1 Å². The van der Waals surface area contributed by atoms with Crippen molar-refractivity contribution in [1.29, 1.82) is 0 Å². The summed E-state index contributed by atoms with van der Waals surface area (Å²) in [5.41, 5.74) is 3.63. The van der Waals surface area contributed by atoms with Crippen LogP contribution in [0, 0.1) is 23.7 Å². The predicted molar refractivity (Wildman–Crippen MR) is 156 cm³/mol. The normalized spacial score (nSPS) is 31.5. The van der Waals surface area contributed by atoms with Gasteiger partial charge in [-0.25, -0.2) is 0 Å². The van der Waals surface area contributed by atoms with E-state index in [-0.39, 0.29) is 11.1 Å². The number of carbonyl (C=O) groups excluding carboxylic acids is 6. The Bertz CT molecular complexity index is 1830. The lowest BCUT2D eigenvalue weighted by Gasteiger charge is -2.56. The fraction of sp³-hybridized carbons (Fsp3) is 0.333. The van der Waals surface area contributed by atoms with Gasteiger partial charge in [0.25, 0.3) is 0 Å². The molecule has 3 aromatic carbocycles. The van der Waals surface area contributed by atoms with Crippen molar-refractivity contribution in [2.24, 2.45) is 29.4 Å². The minimum absolute atomic E-state index is 0.197. The second-order valence-electron chi connectivity index (χ2n) is 12.2. The zero-order valence-corrected chi connectivity index (χ0v) is 24.1. The number of aliphatic hydroxyl groups excluding tert-OH is 1. The van der Waals surface area contributed by atoms with Crippen LogP contribution >= 0.6 is 0 Å². The SMILES string of the molecule is C[C@@H]1c2ccc(-c3ccc(C=O)c4ccccc34)c(O)c2C(=O)C2C(=O)[C@@]3(O)C(=O)C(C(N)=O)C(=O)[C@H](N(C)C)[C@H]3[C@H](O)[C@H]21. The van der Waals surface area contributed by atoms with Crippen LogP contribution in [0.2, 0.25) is 0 Å². The summed E-state index contributed by atoms with van der Waals surface area (Å²) in [7, 11) is 2.88. The predicted octanol–water partition coefficient (Wildman–Crippen LogP) is 1.03. The van der Waals surface area contributed by atoms with Crippen LogP contribution in [0.4, 0.5) is 0 Å². The number of nitrogens with two attached hydrogens (primary N) is 1. The number of carbonyl (C=O) groups is 6. The molecule has 0 heterocycles. The maximum absolute atomic E-state index is 14.2. The van der Waals surface area contributed by atoms with Gasteiger partial charge in [-0.2, -0.15) is 0 Å². The first-order chi connectivity index (χ1) is 20.8. The van der Waals surface area contributed by atoms with Gasteiger partial charge in [-0.15, -0.1) is 0 Å². The highest BCUT2D eigenvalue weighted by Crippen LogP contribution is 2.55. The third-order valence-electron chi connectivity index (χ3n) is 9.86. The summed E-state index contributed by atoms with van der Waals surface area (Å²) in [5.74, 6) is -13.9. The van der Waals surface area contributed by atoms with Crippen LogP contribution < -0.4 is 5.73 Å². The van der Waals surface area contributed by atoms with Gasteiger partial charge in [0.1, 0.15) is 5.75 Å². The zero-order valence-electron chi connectivity index (χ0n) is 24.1. The average Bonchev–Trinajstić information content (AvgIpc) is 2.98. The van der Waals surface area contributed by atoms with Crippen molar-refractivity contribution in [3.05, 3.63) is 65.2 Å². The van der Waals surface area contributed by atoms with E-state index in [1.165, 1.54) is 19.0 Å². The van der Waals surface area contributed by atoms with E-state index in [0.29, 0.717) is 33.7 Å². The Labute approximate surface area is 251 Å². The van der Waals surface area contributed by atoms with E-state index in [4.69, 9.17) is 5.73 Å². The molecule has 8 atom stereocenters. The number of phenols is 1. The number of nitrogens with zero attached hydrogens (tertiary/aromatic N) is 1. The molecule has 0 aliphatic heterocycles. The monoisotopic (exact) mass is 598 g/mol. The van der Waals surface area contributed by atoms with E-state index in [1.807, 2.05) is 0 Å². The summed E-state index contributed by atoms with van der Waals surface area (Å²) < 4.78 is 0. The number of Topliss-reactive ketones (excluding diaryl/α,β-unsaturated/α-hetero) is 4. The first kappa shape index (κ1) is 29.5. The van der Waals surface area contributed by atoms with E-state index < -0.39 is 82.1 Å².